The minimum absolute atomic E-state index is 0.314. The molecule has 2 rings (SSSR count). The van der Waals surface area contributed by atoms with Crippen molar-refractivity contribution in [2.45, 2.75) is 6.04 Å². The molecule has 1 aliphatic heterocycles. The smallest absolute Gasteiger partial charge is 0.127 e. The third-order valence-corrected chi connectivity index (χ3v) is 2.86. The topological polar surface area (TPSA) is 42.5 Å². The number of ether oxygens (including phenoxy) is 2. The van der Waals surface area contributed by atoms with Gasteiger partial charge in [0.25, 0.3) is 0 Å². The van der Waals surface area contributed by atoms with Gasteiger partial charge >= 0.3 is 0 Å². The third-order valence-electron chi connectivity index (χ3n) is 2.86. The lowest BCUT2D eigenvalue weighted by atomic mass is 10.0. The molecule has 4 nitrogen and oxygen atoms in total. The molecule has 0 saturated carbocycles. The van der Waals surface area contributed by atoms with Crippen LogP contribution >= 0.6 is 0 Å². The van der Waals surface area contributed by atoms with Crippen molar-refractivity contribution in [3.05, 3.63) is 23.8 Å². The van der Waals surface area contributed by atoms with Crippen molar-refractivity contribution in [3.8, 4) is 11.5 Å². The number of nitrogens with one attached hydrogen (secondary N) is 2. The Morgan fingerprint density at radius 3 is 2.69 bits per heavy atom. The van der Waals surface area contributed by atoms with Gasteiger partial charge in [0.1, 0.15) is 11.5 Å². The summed E-state index contributed by atoms with van der Waals surface area (Å²) in [5.74, 6) is 1.70. The fourth-order valence-electron chi connectivity index (χ4n) is 1.98. The molecule has 1 heterocycles. The van der Waals surface area contributed by atoms with Crippen LogP contribution in [0.4, 0.5) is 0 Å². The van der Waals surface area contributed by atoms with Crippen LogP contribution in [-0.2, 0) is 0 Å². The summed E-state index contributed by atoms with van der Waals surface area (Å²) >= 11 is 0. The Balaban J connectivity index is 2.24. The van der Waals surface area contributed by atoms with E-state index in [1.54, 1.807) is 14.2 Å². The van der Waals surface area contributed by atoms with Crippen LogP contribution in [-0.4, -0.2) is 33.9 Å². The molecule has 1 aromatic rings. The van der Waals surface area contributed by atoms with Gasteiger partial charge in [-0.25, -0.2) is 0 Å². The number of benzene rings is 1. The molecule has 0 bridgehead atoms. The van der Waals surface area contributed by atoms with Crippen LogP contribution in [0.15, 0.2) is 18.2 Å². The largest absolute Gasteiger partial charge is 0.497 e. The summed E-state index contributed by atoms with van der Waals surface area (Å²) < 4.78 is 10.6. The molecule has 4 heteroatoms. The van der Waals surface area contributed by atoms with E-state index in [9.17, 15) is 0 Å². The lowest BCUT2D eigenvalue weighted by Gasteiger charge is -2.26. The summed E-state index contributed by atoms with van der Waals surface area (Å²) in [6.45, 7) is 2.94. The zero-order valence-corrected chi connectivity index (χ0v) is 9.75. The highest BCUT2D eigenvalue weighted by Crippen LogP contribution is 2.29. The van der Waals surface area contributed by atoms with Gasteiger partial charge in [-0.05, 0) is 6.07 Å². The number of rotatable bonds is 3. The van der Waals surface area contributed by atoms with Crippen molar-refractivity contribution in [1.29, 1.82) is 0 Å². The Morgan fingerprint density at radius 1 is 1.19 bits per heavy atom. The average Bonchev–Trinajstić information content (AvgIpc) is 2.39. The Bertz CT molecular complexity index is 349. The molecule has 0 amide bonds. The first-order chi connectivity index (χ1) is 7.85. The lowest BCUT2D eigenvalue weighted by Crippen LogP contribution is -2.42. The monoisotopic (exact) mass is 222 g/mol. The van der Waals surface area contributed by atoms with Gasteiger partial charge in [0.05, 0.1) is 14.2 Å². The molecule has 16 heavy (non-hydrogen) atoms. The van der Waals surface area contributed by atoms with E-state index in [-0.39, 0.29) is 0 Å². The molecule has 0 radical (unpaired) electrons. The zero-order chi connectivity index (χ0) is 11.4. The molecular weight excluding hydrogens is 204 g/mol. The first kappa shape index (κ1) is 11.2. The molecule has 0 unspecified atom stereocenters. The Hall–Kier alpha value is -1.26. The second-order valence-corrected chi connectivity index (χ2v) is 3.82. The normalized spacial score (nSPS) is 20.5. The minimum atomic E-state index is 0.314. The summed E-state index contributed by atoms with van der Waals surface area (Å²) in [5, 5.41) is 6.83. The van der Waals surface area contributed by atoms with Crippen LogP contribution < -0.4 is 20.1 Å². The van der Waals surface area contributed by atoms with E-state index in [4.69, 9.17) is 9.47 Å². The number of hydrogen-bond acceptors (Lipinski definition) is 4. The molecule has 0 aromatic heterocycles. The summed E-state index contributed by atoms with van der Waals surface area (Å²) in [7, 11) is 3.35. The maximum absolute atomic E-state index is 5.39. The summed E-state index contributed by atoms with van der Waals surface area (Å²) in [4.78, 5) is 0. The van der Waals surface area contributed by atoms with Crippen LogP contribution in [0.1, 0.15) is 11.6 Å². The molecule has 2 N–H and O–H groups in total. The fraction of sp³-hybridized carbons (Fsp3) is 0.500. The summed E-state index contributed by atoms with van der Waals surface area (Å²) in [6.07, 6.45) is 0. The minimum Gasteiger partial charge on any atom is -0.497 e. The maximum atomic E-state index is 5.39. The van der Waals surface area contributed by atoms with Crippen molar-refractivity contribution < 1.29 is 9.47 Å². The first-order valence-electron chi connectivity index (χ1n) is 5.51. The summed E-state index contributed by atoms with van der Waals surface area (Å²) in [5.41, 5.74) is 1.18. The number of piperazine rings is 1. The van der Waals surface area contributed by atoms with Gasteiger partial charge in [0.15, 0.2) is 0 Å². The second kappa shape index (κ2) is 5.18. The predicted molar refractivity (Wildman–Crippen MR) is 63.2 cm³/mol. The standard InChI is InChI=1S/C12H18N2O2/c1-15-9-3-4-10(12(7-9)16-2)11-8-13-5-6-14-11/h3-4,7,11,13-14H,5-6,8H2,1-2H3/t11-/m0/s1. The average molecular weight is 222 g/mol. The third kappa shape index (κ3) is 2.28. The molecular formula is C12H18N2O2. The predicted octanol–water partition coefficient (Wildman–Crippen LogP) is 0.938. The van der Waals surface area contributed by atoms with E-state index in [2.05, 4.69) is 16.7 Å². The van der Waals surface area contributed by atoms with E-state index in [1.807, 2.05) is 12.1 Å². The van der Waals surface area contributed by atoms with Crippen molar-refractivity contribution in [3.63, 3.8) is 0 Å². The fourth-order valence-corrected chi connectivity index (χ4v) is 1.98. The van der Waals surface area contributed by atoms with Crippen LogP contribution in [0.5, 0.6) is 11.5 Å². The highest BCUT2D eigenvalue weighted by atomic mass is 16.5. The molecule has 0 spiro atoms. The molecule has 88 valence electrons. The Morgan fingerprint density at radius 2 is 2.06 bits per heavy atom. The van der Waals surface area contributed by atoms with Gasteiger partial charge in [0.2, 0.25) is 0 Å². The van der Waals surface area contributed by atoms with Gasteiger partial charge in [0, 0.05) is 37.3 Å². The van der Waals surface area contributed by atoms with Crippen LogP contribution in [0.2, 0.25) is 0 Å². The molecule has 0 aliphatic carbocycles. The Labute approximate surface area is 95.9 Å². The van der Waals surface area contributed by atoms with Gasteiger partial charge < -0.3 is 20.1 Å². The van der Waals surface area contributed by atoms with E-state index in [0.717, 1.165) is 31.1 Å². The van der Waals surface area contributed by atoms with Gasteiger partial charge in [-0.1, -0.05) is 6.07 Å². The van der Waals surface area contributed by atoms with Gasteiger partial charge in [-0.15, -0.1) is 0 Å². The SMILES string of the molecule is COc1ccc([C@@H]2CNCCN2)c(OC)c1. The number of hydrogen-bond donors (Lipinski definition) is 2. The zero-order valence-electron chi connectivity index (χ0n) is 9.75. The Kier molecular flexibility index (Phi) is 3.64. The quantitative estimate of drug-likeness (QED) is 0.798. The van der Waals surface area contributed by atoms with E-state index >= 15 is 0 Å². The van der Waals surface area contributed by atoms with Gasteiger partial charge in [-0.3, -0.25) is 0 Å². The van der Waals surface area contributed by atoms with E-state index < -0.39 is 0 Å². The molecule has 1 atom stereocenters. The van der Waals surface area contributed by atoms with Crippen molar-refractivity contribution in [1.82, 2.24) is 10.6 Å². The van der Waals surface area contributed by atoms with E-state index in [0.29, 0.717) is 6.04 Å². The van der Waals surface area contributed by atoms with Crippen molar-refractivity contribution in [2.75, 3.05) is 33.9 Å². The molecule has 1 aromatic carbocycles. The van der Waals surface area contributed by atoms with Crippen LogP contribution in [0.25, 0.3) is 0 Å². The lowest BCUT2D eigenvalue weighted by molar-refractivity contribution is 0.373. The van der Waals surface area contributed by atoms with Crippen LogP contribution in [0.3, 0.4) is 0 Å². The summed E-state index contributed by atoms with van der Waals surface area (Å²) in [6, 6.07) is 6.26. The van der Waals surface area contributed by atoms with Gasteiger partial charge in [-0.2, -0.15) is 0 Å². The van der Waals surface area contributed by atoms with Crippen LogP contribution in [0, 0.1) is 0 Å². The highest BCUT2D eigenvalue weighted by Gasteiger charge is 2.18. The molecule has 1 saturated heterocycles. The van der Waals surface area contributed by atoms with Crippen molar-refractivity contribution in [2.24, 2.45) is 0 Å². The highest BCUT2D eigenvalue weighted by molar-refractivity contribution is 5.42. The molecule has 1 aliphatic rings. The number of methoxy groups -OCH3 is 2. The second-order valence-electron chi connectivity index (χ2n) is 3.82. The van der Waals surface area contributed by atoms with E-state index in [1.165, 1.54) is 5.56 Å². The maximum Gasteiger partial charge on any atom is 0.127 e. The first-order valence-corrected chi connectivity index (χ1v) is 5.51. The molecule has 1 fully saturated rings. The van der Waals surface area contributed by atoms with Crippen molar-refractivity contribution >= 4 is 0 Å².